The van der Waals surface area contributed by atoms with E-state index < -0.39 is 0 Å². The van der Waals surface area contributed by atoms with Crippen LogP contribution in [0.15, 0.2) is 53.2 Å². The molecule has 0 radical (unpaired) electrons. The fraction of sp³-hybridized carbons (Fsp3) is 0.222. The summed E-state index contributed by atoms with van der Waals surface area (Å²) in [6.45, 7) is 1.26. The predicted octanol–water partition coefficient (Wildman–Crippen LogP) is 2.24. The molecule has 1 aromatic carbocycles. The minimum Gasteiger partial charge on any atom is -0.484 e. The highest BCUT2D eigenvalue weighted by Crippen LogP contribution is 2.22. The topological polar surface area (TPSA) is 81.4 Å². The van der Waals surface area contributed by atoms with Gasteiger partial charge in [-0.15, -0.1) is 0 Å². The van der Waals surface area contributed by atoms with Crippen LogP contribution in [-0.4, -0.2) is 32.5 Å². The van der Waals surface area contributed by atoms with Crippen LogP contribution in [0.25, 0.3) is 0 Å². The quantitative estimate of drug-likeness (QED) is 0.727. The van der Waals surface area contributed by atoms with E-state index in [9.17, 15) is 4.79 Å². The van der Waals surface area contributed by atoms with Gasteiger partial charge in [-0.05, 0) is 18.2 Å². The van der Waals surface area contributed by atoms with E-state index in [2.05, 4.69) is 15.2 Å². The second kappa shape index (κ2) is 6.72. The zero-order valence-electron chi connectivity index (χ0n) is 13.5. The highest BCUT2D eigenvalue weighted by molar-refractivity contribution is 5.93. The Balaban J connectivity index is 1.43. The molecular formula is C18H16N4O3. The molecule has 0 unspecified atom stereocenters. The van der Waals surface area contributed by atoms with E-state index in [1.165, 1.54) is 12.4 Å². The minimum absolute atomic E-state index is 0.0842. The van der Waals surface area contributed by atoms with E-state index in [4.69, 9.17) is 9.15 Å². The lowest BCUT2D eigenvalue weighted by Gasteiger charge is -2.25. The fourth-order valence-electron chi connectivity index (χ4n) is 2.75. The summed E-state index contributed by atoms with van der Waals surface area (Å²) in [5, 5.41) is 7.45. The van der Waals surface area contributed by atoms with Crippen molar-refractivity contribution in [3.05, 3.63) is 71.7 Å². The predicted molar refractivity (Wildman–Crippen MR) is 87.8 cm³/mol. The van der Waals surface area contributed by atoms with E-state index >= 15 is 0 Å². The molecule has 0 bridgehead atoms. The maximum absolute atomic E-state index is 12.5. The first-order valence-electron chi connectivity index (χ1n) is 8.01. The zero-order valence-corrected chi connectivity index (χ0v) is 13.5. The van der Waals surface area contributed by atoms with Crippen molar-refractivity contribution in [3.63, 3.8) is 0 Å². The van der Waals surface area contributed by atoms with Gasteiger partial charge in [0.15, 0.2) is 6.61 Å². The van der Waals surface area contributed by atoms with Crippen LogP contribution in [0.2, 0.25) is 0 Å². The maximum atomic E-state index is 12.5. The first-order chi connectivity index (χ1) is 12.3. The molecule has 4 rings (SSSR count). The third kappa shape index (κ3) is 3.35. The summed E-state index contributed by atoms with van der Waals surface area (Å²) in [7, 11) is 0. The van der Waals surface area contributed by atoms with E-state index in [1.54, 1.807) is 11.0 Å². The normalized spacial score (nSPS) is 13.4. The monoisotopic (exact) mass is 336 g/mol. The molecule has 1 aliphatic heterocycles. The maximum Gasteiger partial charge on any atom is 0.255 e. The largest absolute Gasteiger partial charge is 0.484 e. The summed E-state index contributed by atoms with van der Waals surface area (Å²) >= 11 is 0. The Morgan fingerprint density at radius 1 is 1.20 bits per heavy atom. The van der Waals surface area contributed by atoms with Crippen molar-refractivity contribution in [2.24, 2.45) is 0 Å². The molecule has 0 atom stereocenters. The number of ether oxygens (including phenoxy) is 1. The summed E-state index contributed by atoms with van der Waals surface area (Å²) in [4.78, 5) is 18.7. The van der Waals surface area contributed by atoms with Crippen molar-refractivity contribution in [2.45, 2.75) is 19.6 Å². The third-order valence-electron chi connectivity index (χ3n) is 4.00. The zero-order chi connectivity index (χ0) is 17.1. The molecule has 0 fully saturated rings. The van der Waals surface area contributed by atoms with Crippen LogP contribution in [-0.2, 0) is 19.6 Å². The molecule has 2 aromatic heterocycles. The van der Waals surface area contributed by atoms with E-state index in [-0.39, 0.29) is 12.5 Å². The van der Waals surface area contributed by atoms with Crippen LogP contribution in [0.1, 0.15) is 27.7 Å². The Hall–Kier alpha value is -3.22. The molecule has 3 aromatic rings. The molecule has 0 aliphatic carbocycles. The molecule has 25 heavy (non-hydrogen) atoms. The molecule has 1 amide bonds. The van der Waals surface area contributed by atoms with Crippen molar-refractivity contribution in [1.29, 1.82) is 0 Å². The number of amides is 1. The van der Waals surface area contributed by atoms with Gasteiger partial charge in [0.05, 0.1) is 30.2 Å². The molecule has 0 spiro atoms. The summed E-state index contributed by atoms with van der Waals surface area (Å²) in [6.07, 6.45) is 3.64. The van der Waals surface area contributed by atoms with Crippen molar-refractivity contribution in [1.82, 2.24) is 20.1 Å². The van der Waals surface area contributed by atoms with Crippen molar-refractivity contribution in [2.75, 3.05) is 6.54 Å². The lowest BCUT2D eigenvalue weighted by atomic mass is 10.1. The Morgan fingerprint density at radius 2 is 2.08 bits per heavy atom. The molecular weight excluding hydrogens is 320 g/mol. The minimum atomic E-state index is -0.0842. The average Bonchev–Trinajstić information content (AvgIpc) is 3.09. The number of rotatable bonds is 4. The first kappa shape index (κ1) is 15.3. The van der Waals surface area contributed by atoms with Gasteiger partial charge in [0, 0.05) is 13.0 Å². The smallest absolute Gasteiger partial charge is 0.255 e. The summed E-state index contributed by atoms with van der Waals surface area (Å²) in [5.74, 6) is 1.92. The highest BCUT2D eigenvalue weighted by Gasteiger charge is 2.26. The number of nitrogens with zero attached hydrogens (tertiary/aromatic N) is 4. The Labute approximate surface area is 144 Å². The van der Waals surface area contributed by atoms with Gasteiger partial charge in [-0.3, -0.25) is 4.79 Å². The van der Waals surface area contributed by atoms with Gasteiger partial charge in [0.1, 0.15) is 11.5 Å². The van der Waals surface area contributed by atoms with Gasteiger partial charge in [-0.1, -0.05) is 18.2 Å². The van der Waals surface area contributed by atoms with Gasteiger partial charge >= 0.3 is 0 Å². The average molecular weight is 336 g/mol. The van der Waals surface area contributed by atoms with Gasteiger partial charge in [0.2, 0.25) is 5.89 Å². The number of oxazole rings is 1. The number of hydrogen-bond acceptors (Lipinski definition) is 6. The van der Waals surface area contributed by atoms with Crippen LogP contribution in [0.4, 0.5) is 0 Å². The number of carbonyl (C=O) groups excluding carboxylic acids is 1. The lowest BCUT2D eigenvalue weighted by molar-refractivity contribution is 0.0717. The number of aromatic nitrogens is 3. The fourth-order valence-corrected chi connectivity index (χ4v) is 2.75. The van der Waals surface area contributed by atoms with Crippen LogP contribution >= 0.6 is 0 Å². The van der Waals surface area contributed by atoms with Crippen molar-refractivity contribution >= 4 is 5.91 Å². The van der Waals surface area contributed by atoms with Gasteiger partial charge in [-0.25, -0.2) is 4.98 Å². The molecule has 126 valence electrons. The van der Waals surface area contributed by atoms with Crippen molar-refractivity contribution < 1.29 is 13.9 Å². The molecule has 1 aliphatic rings. The van der Waals surface area contributed by atoms with Crippen LogP contribution in [0.3, 0.4) is 0 Å². The van der Waals surface area contributed by atoms with Gasteiger partial charge in [0.25, 0.3) is 5.91 Å². The van der Waals surface area contributed by atoms with Crippen LogP contribution < -0.4 is 4.74 Å². The van der Waals surface area contributed by atoms with Crippen LogP contribution in [0.5, 0.6) is 5.75 Å². The SMILES string of the molecule is O=C(c1ccnnc1)N1CCc2nc(COc3ccccc3)oc2C1. The highest BCUT2D eigenvalue weighted by atomic mass is 16.5. The molecule has 0 saturated heterocycles. The molecule has 0 N–H and O–H groups in total. The second-order valence-electron chi connectivity index (χ2n) is 5.69. The van der Waals surface area contributed by atoms with E-state index in [1.807, 2.05) is 30.3 Å². The van der Waals surface area contributed by atoms with Crippen LogP contribution in [0, 0.1) is 0 Å². The Kier molecular flexibility index (Phi) is 4.12. The summed E-state index contributed by atoms with van der Waals surface area (Å²) in [5.41, 5.74) is 1.41. The number of para-hydroxylation sites is 1. The number of benzene rings is 1. The third-order valence-corrected chi connectivity index (χ3v) is 4.00. The van der Waals surface area contributed by atoms with E-state index in [0.29, 0.717) is 36.7 Å². The van der Waals surface area contributed by atoms with Crippen molar-refractivity contribution in [3.8, 4) is 5.75 Å². The molecule has 3 heterocycles. The van der Waals surface area contributed by atoms with Gasteiger partial charge in [-0.2, -0.15) is 10.2 Å². The molecule has 7 nitrogen and oxygen atoms in total. The first-order valence-corrected chi connectivity index (χ1v) is 8.01. The Morgan fingerprint density at radius 3 is 2.88 bits per heavy atom. The van der Waals surface area contributed by atoms with E-state index in [0.717, 1.165) is 11.4 Å². The lowest BCUT2D eigenvalue weighted by Crippen LogP contribution is -2.35. The molecule has 0 saturated carbocycles. The standard InChI is InChI=1S/C18H16N4O3/c23-18(13-6-8-19-20-10-13)22-9-7-15-16(11-22)25-17(21-15)12-24-14-4-2-1-3-5-14/h1-6,8,10H,7,9,11-12H2. The number of fused-ring (bicyclic) bond motifs is 1. The summed E-state index contributed by atoms with van der Waals surface area (Å²) < 4.78 is 11.4. The van der Waals surface area contributed by atoms with Gasteiger partial charge < -0.3 is 14.1 Å². The summed E-state index contributed by atoms with van der Waals surface area (Å²) in [6, 6.07) is 11.2. The number of carbonyl (C=O) groups is 1. The number of hydrogen-bond donors (Lipinski definition) is 0. The Bertz CT molecular complexity index is 865. The molecule has 7 heteroatoms. The second-order valence-corrected chi connectivity index (χ2v) is 5.69.